The fraction of sp³-hybridized carbons (Fsp3) is 0.600. The van der Waals surface area contributed by atoms with Gasteiger partial charge in [-0.25, -0.2) is 0 Å². The molecule has 0 bridgehead atoms. The van der Waals surface area contributed by atoms with E-state index in [1.165, 1.54) is 25.7 Å². The Balaban J connectivity index is 1.81. The van der Waals surface area contributed by atoms with Crippen molar-refractivity contribution in [3.63, 3.8) is 0 Å². The first-order valence-electron chi connectivity index (χ1n) is 9.26. The number of hydrogen-bond donors (Lipinski definition) is 1. The van der Waals surface area contributed by atoms with Gasteiger partial charge in [0.1, 0.15) is 5.75 Å². The van der Waals surface area contributed by atoms with Crippen LogP contribution in [0.15, 0.2) is 24.3 Å². The lowest BCUT2D eigenvalue weighted by Gasteiger charge is -2.22. The van der Waals surface area contributed by atoms with E-state index in [1.54, 1.807) is 18.9 Å². The van der Waals surface area contributed by atoms with Gasteiger partial charge in [-0.05, 0) is 30.5 Å². The average molecular weight is 346 g/mol. The molecule has 0 radical (unpaired) electrons. The number of hydrogen-bond acceptors (Lipinski definition) is 3. The van der Waals surface area contributed by atoms with E-state index in [9.17, 15) is 9.59 Å². The Morgan fingerprint density at radius 3 is 2.32 bits per heavy atom. The largest absolute Gasteiger partial charge is 0.497 e. The topological polar surface area (TPSA) is 58.6 Å². The summed E-state index contributed by atoms with van der Waals surface area (Å²) in [5, 5.41) is 3.14. The molecule has 0 aliphatic heterocycles. The lowest BCUT2D eigenvalue weighted by atomic mass is 10.1. The zero-order chi connectivity index (χ0) is 18.1. The number of amides is 2. The summed E-state index contributed by atoms with van der Waals surface area (Å²) in [6.45, 7) is 2.50. The first kappa shape index (κ1) is 19.3. The second-order valence-electron chi connectivity index (χ2n) is 6.79. The van der Waals surface area contributed by atoms with Crippen molar-refractivity contribution in [1.29, 1.82) is 0 Å². The highest BCUT2D eigenvalue weighted by molar-refractivity contribution is 5.78. The number of methoxy groups -OCH3 is 1. The van der Waals surface area contributed by atoms with Crippen molar-refractivity contribution >= 4 is 11.8 Å². The molecule has 1 aromatic rings. The molecular weight excluding hydrogens is 316 g/mol. The summed E-state index contributed by atoms with van der Waals surface area (Å²) in [7, 11) is 1.63. The maximum absolute atomic E-state index is 12.2. The van der Waals surface area contributed by atoms with E-state index < -0.39 is 0 Å². The van der Waals surface area contributed by atoms with Crippen molar-refractivity contribution in [2.24, 2.45) is 0 Å². The van der Waals surface area contributed by atoms with Crippen LogP contribution in [0.4, 0.5) is 0 Å². The molecule has 5 nitrogen and oxygen atoms in total. The van der Waals surface area contributed by atoms with E-state index in [2.05, 4.69) is 5.32 Å². The molecule has 1 saturated carbocycles. The lowest BCUT2D eigenvalue weighted by Crippen LogP contribution is -2.37. The van der Waals surface area contributed by atoms with Gasteiger partial charge in [-0.15, -0.1) is 0 Å². The summed E-state index contributed by atoms with van der Waals surface area (Å²) in [6, 6.07) is 7.96. The predicted octanol–water partition coefficient (Wildman–Crippen LogP) is 3.27. The Morgan fingerprint density at radius 1 is 1.12 bits per heavy atom. The number of carbonyl (C=O) groups excluding carboxylic acids is 2. The van der Waals surface area contributed by atoms with Gasteiger partial charge < -0.3 is 15.0 Å². The maximum Gasteiger partial charge on any atom is 0.221 e. The van der Waals surface area contributed by atoms with Crippen molar-refractivity contribution in [2.75, 3.05) is 13.7 Å². The molecule has 25 heavy (non-hydrogen) atoms. The monoisotopic (exact) mass is 346 g/mol. The van der Waals surface area contributed by atoms with Crippen LogP contribution >= 0.6 is 0 Å². The van der Waals surface area contributed by atoms with E-state index in [0.717, 1.165) is 24.2 Å². The van der Waals surface area contributed by atoms with Crippen LogP contribution in [0, 0.1) is 0 Å². The second kappa shape index (κ2) is 10.1. The fourth-order valence-corrected chi connectivity index (χ4v) is 3.26. The number of ether oxygens (including phenoxy) is 1. The molecule has 0 aromatic heterocycles. The Morgan fingerprint density at radius 2 is 1.76 bits per heavy atom. The smallest absolute Gasteiger partial charge is 0.221 e. The normalized spacial score (nSPS) is 15.3. The molecule has 1 fully saturated rings. The Hall–Kier alpha value is -2.04. The van der Waals surface area contributed by atoms with Gasteiger partial charge in [0, 0.05) is 32.5 Å². The number of nitrogens with zero attached hydrogens (tertiary/aromatic N) is 1. The highest BCUT2D eigenvalue weighted by atomic mass is 16.5. The molecule has 2 amide bonds. The second-order valence-corrected chi connectivity index (χ2v) is 6.79. The number of carbonyl (C=O) groups is 2. The minimum atomic E-state index is -0.0157. The van der Waals surface area contributed by atoms with Gasteiger partial charge in [-0.3, -0.25) is 9.59 Å². The van der Waals surface area contributed by atoms with E-state index >= 15 is 0 Å². The van der Waals surface area contributed by atoms with Crippen LogP contribution in [-0.4, -0.2) is 36.4 Å². The highest BCUT2D eigenvalue weighted by Crippen LogP contribution is 2.17. The molecule has 0 saturated heterocycles. The summed E-state index contributed by atoms with van der Waals surface area (Å²) < 4.78 is 5.15. The summed E-state index contributed by atoms with van der Waals surface area (Å²) in [4.78, 5) is 25.8. The van der Waals surface area contributed by atoms with Gasteiger partial charge in [0.2, 0.25) is 11.8 Å². The molecule has 0 heterocycles. The first-order valence-corrected chi connectivity index (χ1v) is 9.26. The molecule has 1 N–H and O–H groups in total. The fourth-order valence-electron chi connectivity index (χ4n) is 3.26. The van der Waals surface area contributed by atoms with Gasteiger partial charge in [0.25, 0.3) is 0 Å². The van der Waals surface area contributed by atoms with Crippen LogP contribution in [0.1, 0.15) is 57.4 Å². The lowest BCUT2D eigenvalue weighted by molar-refractivity contribution is -0.130. The van der Waals surface area contributed by atoms with Crippen molar-refractivity contribution in [2.45, 2.75) is 64.5 Å². The summed E-state index contributed by atoms with van der Waals surface area (Å²) >= 11 is 0. The van der Waals surface area contributed by atoms with E-state index in [1.807, 2.05) is 24.3 Å². The molecule has 5 heteroatoms. The quantitative estimate of drug-likeness (QED) is 0.771. The summed E-state index contributed by atoms with van der Waals surface area (Å²) in [5.41, 5.74) is 1.03. The van der Waals surface area contributed by atoms with Crippen LogP contribution in [0.2, 0.25) is 0 Å². The minimum Gasteiger partial charge on any atom is -0.497 e. The Bertz CT molecular complexity index is 549. The SMILES string of the molecule is COc1ccc(CN(CCC(=O)NC2CCCCCC2)C(C)=O)cc1. The first-order chi connectivity index (χ1) is 12.1. The van der Waals surface area contributed by atoms with Crippen LogP contribution in [0.25, 0.3) is 0 Å². The van der Waals surface area contributed by atoms with Gasteiger partial charge in [-0.2, -0.15) is 0 Å². The third kappa shape index (κ3) is 6.77. The minimum absolute atomic E-state index is 0.0157. The number of nitrogens with one attached hydrogen (secondary N) is 1. The van der Waals surface area contributed by atoms with Crippen LogP contribution < -0.4 is 10.1 Å². The number of rotatable bonds is 7. The van der Waals surface area contributed by atoms with Crippen LogP contribution in [0.3, 0.4) is 0 Å². The van der Waals surface area contributed by atoms with Crippen molar-refractivity contribution < 1.29 is 14.3 Å². The van der Waals surface area contributed by atoms with Crippen molar-refractivity contribution in [3.05, 3.63) is 29.8 Å². The van der Waals surface area contributed by atoms with Gasteiger partial charge in [0.15, 0.2) is 0 Å². The van der Waals surface area contributed by atoms with Gasteiger partial charge >= 0.3 is 0 Å². The zero-order valence-electron chi connectivity index (χ0n) is 15.4. The van der Waals surface area contributed by atoms with Crippen LogP contribution in [-0.2, 0) is 16.1 Å². The molecule has 0 atom stereocenters. The molecule has 1 aromatic carbocycles. The third-order valence-corrected chi connectivity index (χ3v) is 4.81. The Kier molecular flexibility index (Phi) is 7.76. The standard InChI is InChI=1S/C20H30N2O3/c1-16(23)22(15-17-9-11-19(25-2)12-10-17)14-13-20(24)21-18-7-5-3-4-6-8-18/h9-12,18H,3-8,13-15H2,1-2H3,(H,21,24). The summed E-state index contributed by atoms with van der Waals surface area (Å²) in [6.07, 6.45) is 7.44. The van der Waals surface area contributed by atoms with Gasteiger partial charge in [0.05, 0.1) is 7.11 Å². The molecule has 2 rings (SSSR count). The maximum atomic E-state index is 12.2. The molecule has 1 aliphatic rings. The molecule has 0 unspecified atom stereocenters. The highest BCUT2D eigenvalue weighted by Gasteiger charge is 2.16. The van der Waals surface area contributed by atoms with Crippen molar-refractivity contribution in [1.82, 2.24) is 10.2 Å². The third-order valence-electron chi connectivity index (χ3n) is 4.81. The predicted molar refractivity (Wildman–Crippen MR) is 98.3 cm³/mol. The van der Waals surface area contributed by atoms with E-state index in [-0.39, 0.29) is 11.8 Å². The number of benzene rings is 1. The van der Waals surface area contributed by atoms with E-state index in [4.69, 9.17) is 4.74 Å². The average Bonchev–Trinajstić information content (AvgIpc) is 2.87. The molecule has 138 valence electrons. The molecule has 1 aliphatic carbocycles. The molecule has 0 spiro atoms. The zero-order valence-corrected chi connectivity index (χ0v) is 15.4. The van der Waals surface area contributed by atoms with Crippen molar-refractivity contribution in [3.8, 4) is 5.75 Å². The Labute approximate surface area is 150 Å². The molecular formula is C20H30N2O3. The van der Waals surface area contributed by atoms with Gasteiger partial charge in [-0.1, -0.05) is 37.8 Å². The summed E-state index contributed by atoms with van der Waals surface area (Å²) in [5.74, 6) is 0.826. The van der Waals surface area contributed by atoms with Crippen LogP contribution in [0.5, 0.6) is 5.75 Å². The van der Waals surface area contributed by atoms with E-state index in [0.29, 0.717) is 25.6 Å².